The quantitative estimate of drug-likeness (QED) is 0.790. The third-order valence-corrected chi connectivity index (χ3v) is 2.64. The van der Waals surface area contributed by atoms with Gasteiger partial charge in [0.2, 0.25) is 0 Å². The van der Waals surface area contributed by atoms with Gasteiger partial charge in [0, 0.05) is 6.54 Å². The minimum absolute atomic E-state index is 0.137. The monoisotopic (exact) mass is 279 g/mol. The molecule has 2 aromatic heterocycles. The molecule has 0 aliphatic carbocycles. The molecule has 9 nitrogen and oxygen atoms in total. The molecule has 0 saturated carbocycles. The fourth-order valence-corrected chi connectivity index (χ4v) is 1.69. The van der Waals surface area contributed by atoms with E-state index in [0.717, 1.165) is 0 Å². The van der Waals surface area contributed by atoms with Crippen molar-refractivity contribution >= 4 is 11.9 Å². The number of carboxylic acids is 1. The van der Waals surface area contributed by atoms with Gasteiger partial charge in [0.1, 0.15) is 11.3 Å². The van der Waals surface area contributed by atoms with E-state index in [1.807, 2.05) is 0 Å². The molecule has 1 amide bonds. The number of hydrogen-bond acceptors (Lipinski definition) is 6. The second-order valence-corrected chi connectivity index (χ2v) is 4.13. The Balaban J connectivity index is 1.89. The normalized spacial score (nSPS) is 10.5. The summed E-state index contributed by atoms with van der Waals surface area (Å²) in [5.41, 5.74) is 0.797. The van der Waals surface area contributed by atoms with E-state index in [-0.39, 0.29) is 18.1 Å². The van der Waals surface area contributed by atoms with Crippen molar-refractivity contribution in [3.05, 3.63) is 28.9 Å². The van der Waals surface area contributed by atoms with Gasteiger partial charge in [-0.2, -0.15) is 0 Å². The summed E-state index contributed by atoms with van der Waals surface area (Å²) in [6.07, 6.45) is 1.30. The number of nitrogens with zero attached hydrogens (tertiary/aromatic N) is 4. The lowest BCUT2D eigenvalue weighted by Gasteiger charge is -2.04. The largest absolute Gasteiger partial charge is 0.476 e. The van der Waals surface area contributed by atoms with Crippen molar-refractivity contribution in [3.8, 4) is 0 Å². The van der Waals surface area contributed by atoms with Gasteiger partial charge in [-0.05, 0) is 13.8 Å². The highest BCUT2D eigenvalue weighted by Crippen LogP contribution is 2.11. The molecular formula is C11H13N5O4. The Morgan fingerprint density at radius 1 is 1.45 bits per heavy atom. The summed E-state index contributed by atoms with van der Waals surface area (Å²) >= 11 is 0. The molecule has 2 heterocycles. The molecule has 0 saturated heterocycles. The highest BCUT2D eigenvalue weighted by molar-refractivity contribution is 5.96. The molecule has 2 aromatic rings. The average molecular weight is 279 g/mol. The smallest absolute Gasteiger partial charge is 0.358 e. The Morgan fingerprint density at radius 3 is 2.75 bits per heavy atom. The van der Waals surface area contributed by atoms with E-state index < -0.39 is 5.97 Å². The minimum atomic E-state index is -1.14. The van der Waals surface area contributed by atoms with Crippen LogP contribution in [0.15, 0.2) is 10.7 Å². The van der Waals surface area contributed by atoms with E-state index in [2.05, 4.69) is 20.8 Å². The fraction of sp³-hybridized carbons (Fsp3) is 0.364. The highest BCUT2D eigenvalue weighted by atomic mass is 16.5. The van der Waals surface area contributed by atoms with Gasteiger partial charge < -0.3 is 14.9 Å². The van der Waals surface area contributed by atoms with Crippen molar-refractivity contribution in [3.63, 3.8) is 0 Å². The van der Waals surface area contributed by atoms with Crippen LogP contribution in [0.5, 0.6) is 0 Å². The second-order valence-electron chi connectivity index (χ2n) is 4.13. The maximum atomic E-state index is 11.9. The summed E-state index contributed by atoms with van der Waals surface area (Å²) in [5, 5.41) is 22.2. The molecule has 9 heteroatoms. The molecule has 0 aromatic carbocycles. The van der Waals surface area contributed by atoms with Crippen LogP contribution >= 0.6 is 0 Å². The van der Waals surface area contributed by atoms with Crippen LogP contribution < -0.4 is 5.32 Å². The first-order chi connectivity index (χ1) is 9.49. The van der Waals surface area contributed by atoms with Gasteiger partial charge >= 0.3 is 5.97 Å². The molecular weight excluding hydrogens is 266 g/mol. The van der Waals surface area contributed by atoms with Gasteiger partial charge in [-0.25, -0.2) is 9.48 Å². The number of amides is 1. The maximum Gasteiger partial charge on any atom is 0.358 e. The predicted octanol–water partition coefficient (Wildman–Crippen LogP) is 0.0111. The SMILES string of the molecule is Cc1noc(C)c1C(=O)NCCn1cc(C(=O)O)nn1. The summed E-state index contributed by atoms with van der Waals surface area (Å²) in [4.78, 5) is 22.5. The molecule has 0 unspecified atom stereocenters. The lowest BCUT2D eigenvalue weighted by Crippen LogP contribution is -2.28. The number of aromatic nitrogens is 4. The number of nitrogens with one attached hydrogen (secondary N) is 1. The lowest BCUT2D eigenvalue weighted by molar-refractivity contribution is 0.0690. The Morgan fingerprint density at radius 2 is 2.20 bits per heavy atom. The van der Waals surface area contributed by atoms with Crippen molar-refractivity contribution in [1.82, 2.24) is 25.5 Å². The van der Waals surface area contributed by atoms with Gasteiger partial charge in [0.05, 0.1) is 18.4 Å². The Kier molecular flexibility index (Phi) is 3.78. The van der Waals surface area contributed by atoms with E-state index in [1.165, 1.54) is 10.9 Å². The summed E-state index contributed by atoms with van der Waals surface area (Å²) in [6.45, 7) is 3.94. The molecule has 2 rings (SSSR count). The van der Waals surface area contributed by atoms with Crippen molar-refractivity contribution in [2.75, 3.05) is 6.54 Å². The molecule has 106 valence electrons. The summed E-state index contributed by atoms with van der Waals surface area (Å²) in [6, 6.07) is 0. The molecule has 0 atom stereocenters. The molecule has 0 spiro atoms. The Bertz CT molecular complexity index is 626. The molecule has 0 fully saturated rings. The third-order valence-electron chi connectivity index (χ3n) is 2.64. The van der Waals surface area contributed by atoms with Gasteiger partial charge in [-0.15, -0.1) is 5.10 Å². The van der Waals surface area contributed by atoms with Gasteiger partial charge in [0.25, 0.3) is 5.91 Å². The first-order valence-electron chi connectivity index (χ1n) is 5.83. The van der Waals surface area contributed by atoms with Crippen LogP contribution in [0.25, 0.3) is 0 Å². The van der Waals surface area contributed by atoms with Gasteiger partial charge in [-0.3, -0.25) is 4.79 Å². The molecule has 0 aliphatic rings. The molecule has 0 radical (unpaired) electrons. The van der Waals surface area contributed by atoms with Crippen LogP contribution in [0.4, 0.5) is 0 Å². The Labute approximate surface area is 113 Å². The first kappa shape index (κ1) is 13.7. The van der Waals surface area contributed by atoms with Crippen molar-refractivity contribution in [1.29, 1.82) is 0 Å². The van der Waals surface area contributed by atoms with Crippen LogP contribution in [0.1, 0.15) is 32.3 Å². The van der Waals surface area contributed by atoms with Gasteiger partial charge in [-0.1, -0.05) is 10.4 Å². The number of aryl methyl sites for hydroxylation is 2. The van der Waals surface area contributed by atoms with Crippen LogP contribution in [0.2, 0.25) is 0 Å². The molecule has 2 N–H and O–H groups in total. The molecule has 20 heavy (non-hydrogen) atoms. The van der Waals surface area contributed by atoms with Crippen molar-refractivity contribution in [2.24, 2.45) is 0 Å². The maximum absolute atomic E-state index is 11.9. The zero-order chi connectivity index (χ0) is 14.7. The van der Waals surface area contributed by atoms with Crippen LogP contribution in [-0.4, -0.2) is 43.7 Å². The lowest BCUT2D eigenvalue weighted by atomic mass is 10.2. The zero-order valence-corrected chi connectivity index (χ0v) is 11.0. The van der Waals surface area contributed by atoms with E-state index in [1.54, 1.807) is 13.8 Å². The van der Waals surface area contributed by atoms with Gasteiger partial charge in [0.15, 0.2) is 5.69 Å². The highest BCUT2D eigenvalue weighted by Gasteiger charge is 2.16. The van der Waals surface area contributed by atoms with E-state index in [4.69, 9.17) is 9.63 Å². The zero-order valence-electron chi connectivity index (χ0n) is 11.0. The van der Waals surface area contributed by atoms with Crippen LogP contribution in [-0.2, 0) is 6.54 Å². The number of aromatic carboxylic acids is 1. The average Bonchev–Trinajstić information content (AvgIpc) is 2.97. The number of hydrogen-bond donors (Lipinski definition) is 2. The third kappa shape index (κ3) is 2.82. The van der Waals surface area contributed by atoms with E-state index in [9.17, 15) is 9.59 Å². The van der Waals surface area contributed by atoms with Crippen molar-refractivity contribution in [2.45, 2.75) is 20.4 Å². The second kappa shape index (κ2) is 5.51. The van der Waals surface area contributed by atoms with E-state index >= 15 is 0 Å². The molecule has 0 bridgehead atoms. The minimum Gasteiger partial charge on any atom is -0.476 e. The number of carbonyl (C=O) groups is 2. The van der Waals surface area contributed by atoms with Crippen LogP contribution in [0, 0.1) is 13.8 Å². The summed E-state index contributed by atoms with van der Waals surface area (Å²) in [5.74, 6) is -0.982. The van der Waals surface area contributed by atoms with E-state index in [0.29, 0.717) is 23.6 Å². The standard InChI is InChI=1S/C11H13N5O4/c1-6-9(7(2)20-14-6)10(17)12-3-4-16-5-8(11(18)19)13-15-16/h5H,3-4H2,1-2H3,(H,12,17)(H,18,19). The van der Waals surface area contributed by atoms with Crippen LogP contribution in [0.3, 0.4) is 0 Å². The first-order valence-corrected chi connectivity index (χ1v) is 5.83. The number of carboxylic acid groups (broad SMARTS) is 1. The Hall–Kier alpha value is -2.71. The molecule has 0 aliphatic heterocycles. The predicted molar refractivity (Wildman–Crippen MR) is 65.3 cm³/mol. The number of carbonyl (C=O) groups excluding carboxylic acids is 1. The fourth-order valence-electron chi connectivity index (χ4n) is 1.69. The van der Waals surface area contributed by atoms with Crippen molar-refractivity contribution < 1.29 is 19.2 Å². The topological polar surface area (TPSA) is 123 Å². The number of rotatable bonds is 5. The summed E-state index contributed by atoms with van der Waals surface area (Å²) in [7, 11) is 0. The summed E-state index contributed by atoms with van der Waals surface area (Å²) < 4.78 is 6.25.